The Balaban J connectivity index is 1.55. The van der Waals surface area contributed by atoms with Gasteiger partial charge in [0, 0.05) is 36.1 Å². The second-order valence-corrected chi connectivity index (χ2v) is 7.81. The summed E-state index contributed by atoms with van der Waals surface area (Å²) >= 11 is 0. The number of pyridine rings is 1. The van der Waals surface area contributed by atoms with Gasteiger partial charge in [0.05, 0.1) is 18.9 Å². The lowest BCUT2D eigenvalue weighted by Gasteiger charge is -2.27. The number of aromatic hydroxyl groups is 1. The monoisotopic (exact) mass is 429 g/mol. The fraction of sp³-hybridized carbons (Fsp3) is 0.250. The Bertz CT molecular complexity index is 1230. The van der Waals surface area contributed by atoms with Gasteiger partial charge in [-0.05, 0) is 43.7 Å². The van der Waals surface area contributed by atoms with Gasteiger partial charge in [-0.25, -0.2) is 9.78 Å². The second-order valence-electron chi connectivity index (χ2n) is 7.81. The van der Waals surface area contributed by atoms with Crippen LogP contribution in [0.3, 0.4) is 0 Å². The summed E-state index contributed by atoms with van der Waals surface area (Å²) in [6.45, 7) is 4.41. The summed E-state index contributed by atoms with van der Waals surface area (Å²) in [5.41, 5.74) is 2.31. The summed E-state index contributed by atoms with van der Waals surface area (Å²) in [4.78, 5) is 38.5. The first-order valence-corrected chi connectivity index (χ1v) is 10.3. The topological polar surface area (TPSA) is 102 Å². The van der Waals surface area contributed by atoms with Crippen LogP contribution in [-0.4, -0.2) is 48.5 Å². The minimum Gasteiger partial charge on any atom is -0.502 e. The molecule has 3 aromatic rings. The zero-order chi connectivity index (χ0) is 22.7. The third-order valence-electron chi connectivity index (χ3n) is 5.35. The minimum absolute atomic E-state index is 0.0237. The van der Waals surface area contributed by atoms with E-state index in [0.29, 0.717) is 6.54 Å². The maximum absolute atomic E-state index is 13.1. The molecule has 2 N–H and O–H groups in total. The summed E-state index contributed by atoms with van der Waals surface area (Å²) < 4.78 is 0. The van der Waals surface area contributed by atoms with E-state index in [4.69, 9.17) is 0 Å². The highest BCUT2D eigenvalue weighted by Crippen LogP contribution is 2.32. The zero-order valence-corrected chi connectivity index (χ0v) is 17.8. The van der Waals surface area contributed by atoms with E-state index in [1.807, 2.05) is 55.1 Å². The van der Waals surface area contributed by atoms with Crippen molar-refractivity contribution in [1.82, 2.24) is 24.8 Å². The number of aromatic nitrogens is 3. The van der Waals surface area contributed by atoms with Gasteiger partial charge in [0.25, 0.3) is 5.56 Å². The van der Waals surface area contributed by atoms with E-state index < -0.39 is 11.3 Å². The van der Waals surface area contributed by atoms with Gasteiger partial charge in [-0.1, -0.05) is 24.0 Å². The predicted octanol–water partition coefficient (Wildman–Crippen LogP) is 2.66. The Labute approximate surface area is 185 Å². The Morgan fingerprint density at radius 2 is 1.75 bits per heavy atom. The lowest BCUT2D eigenvalue weighted by molar-refractivity contribution is 0.171. The molecular weight excluding hydrogens is 406 g/mol. The molecule has 0 saturated carbocycles. The minimum atomic E-state index is -0.623. The van der Waals surface area contributed by atoms with Crippen molar-refractivity contribution in [1.29, 1.82) is 0 Å². The van der Waals surface area contributed by atoms with Crippen molar-refractivity contribution in [3.63, 3.8) is 0 Å². The van der Waals surface area contributed by atoms with Gasteiger partial charge < -0.3 is 19.9 Å². The van der Waals surface area contributed by atoms with Crippen LogP contribution in [0.25, 0.3) is 0 Å². The van der Waals surface area contributed by atoms with E-state index in [9.17, 15) is 14.7 Å². The standard InChI is InChI=1S/C24H23N5O3/c1-16(2)29-21(14-28(24(29)32)13-20-22(30)23(31)27-15-26-20)19-7-5-17(6-8-19)3-4-18-9-11-25-12-10-18/h5-12,15-16,21,30H,13-14H2,1-2H3,(H,26,27,31). The average molecular weight is 429 g/mol. The van der Waals surface area contributed by atoms with Crippen molar-refractivity contribution in [2.24, 2.45) is 0 Å². The molecule has 0 spiro atoms. The Morgan fingerprint density at radius 3 is 2.41 bits per heavy atom. The van der Waals surface area contributed by atoms with Crippen molar-refractivity contribution in [3.8, 4) is 17.6 Å². The van der Waals surface area contributed by atoms with Crippen LogP contribution in [0.5, 0.6) is 5.75 Å². The lowest BCUT2D eigenvalue weighted by Crippen LogP contribution is -2.37. The van der Waals surface area contributed by atoms with Gasteiger partial charge >= 0.3 is 6.03 Å². The number of aromatic amines is 1. The van der Waals surface area contributed by atoms with Gasteiger partial charge in [0.1, 0.15) is 5.69 Å². The molecule has 0 bridgehead atoms. The van der Waals surface area contributed by atoms with Gasteiger partial charge in [-0.15, -0.1) is 0 Å². The number of nitrogens with one attached hydrogen (secondary N) is 1. The molecule has 8 heteroatoms. The number of rotatable bonds is 4. The quantitative estimate of drug-likeness (QED) is 0.621. The third kappa shape index (κ3) is 4.32. The highest BCUT2D eigenvalue weighted by Gasteiger charge is 2.39. The molecule has 1 aromatic carbocycles. The molecule has 32 heavy (non-hydrogen) atoms. The number of nitrogens with zero attached hydrogens (tertiary/aromatic N) is 4. The maximum Gasteiger partial charge on any atom is 0.321 e. The van der Waals surface area contributed by atoms with E-state index in [1.54, 1.807) is 17.3 Å². The maximum atomic E-state index is 13.1. The van der Waals surface area contributed by atoms with Gasteiger partial charge in [-0.3, -0.25) is 9.78 Å². The van der Waals surface area contributed by atoms with Crippen molar-refractivity contribution in [3.05, 3.63) is 87.9 Å². The van der Waals surface area contributed by atoms with Gasteiger partial charge in [0.2, 0.25) is 5.75 Å². The molecule has 2 amide bonds. The van der Waals surface area contributed by atoms with E-state index in [0.717, 1.165) is 16.7 Å². The summed E-state index contributed by atoms with van der Waals surface area (Å²) in [5.74, 6) is 5.78. The van der Waals surface area contributed by atoms with Crippen LogP contribution < -0.4 is 5.56 Å². The number of carbonyl (C=O) groups excluding carboxylic acids is 1. The number of benzene rings is 1. The van der Waals surface area contributed by atoms with E-state index in [2.05, 4.69) is 26.8 Å². The fourth-order valence-electron chi connectivity index (χ4n) is 3.74. The average Bonchev–Trinajstić information content (AvgIpc) is 3.12. The zero-order valence-electron chi connectivity index (χ0n) is 17.8. The SMILES string of the molecule is CC(C)N1C(=O)N(Cc2nc[nH]c(=O)c2O)CC1c1ccc(C#Cc2ccncc2)cc1. The molecule has 3 heterocycles. The highest BCUT2D eigenvalue weighted by atomic mass is 16.3. The van der Waals surface area contributed by atoms with E-state index in [-0.39, 0.29) is 30.4 Å². The first kappa shape index (κ1) is 21.1. The molecule has 8 nitrogen and oxygen atoms in total. The van der Waals surface area contributed by atoms with Crippen LogP contribution in [0.1, 0.15) is 42.3 Å². The van der Waals surface area contributed by atoms with Crippen LogP contribution in [0.4, 0.5) is 4.79 Å². The Hall–Kier alpha value is -4.12. The smallest absolute Gasteiger partial charge is 0.321 e. The van der Waals surface area contributed by atoms with Gasteiger partial charge in [-0.2, -0.15) is 0 Å². The normalized spacial score (nSPS) is 15.7. The Morgan fingerprint density at radius 1 is 1.09 bits per heavy atom. The molecule has 1 fully saturated rings. The fourth-order valence-corrected chi connectivity index (χ4v) is 3.74. The van der Waals surface area contributed by atoms with Crippen molar-refractivity contribution < 1.29 is 9.90 Å². The van der Waals surface area contributed by atoms with Crippen LogP contribution in [0, 0.1) is 11.8 Å². The first-order valence-electron chi connectivity index (χ1n) is 10.3. The molecule has 1 unspecified atom stereocenters. The molecule has 1 atom stereocenters. The van der Waals surface area contributed by atoms with Crippen molar-refractivity contribution in [2.45, 2.75) is 32.5 Å². The van der Waals surface area contributed by atoms with Gasteiger partial charge in [0.15, 0.2) is 0 Å². The number of hydrogen-bond donors (Lipinski definition) is 2. The van der Waals surface area contributed by atoms with Crippen molar-refractivity contribution >= 4 is 6.03 Å². The van der Waals surface area contributed by atoms with E-state index in [1.165, 1.54) is 6.33 Å². The van der Waals surface area contributed by atoms with Crippen LogP contribution in [0.15, 0.2) is 59.9 Å². The summed E-state index contributed by atoms with van der Waals surface area (Å²) in [7, 11) is 0. The first-order chi connectivity index (χ1) is 15.4. The lowest BCUT2D eigenvalue weighted by atomic mass is 10.0. The van der Waals surface area contributed by atoms with Crippen LogP contribution in [0.2, 0.25) is 0 Å². The molecule has 2 aromatic heterocycles. The number of urea groups is 1. The Kier molecular flexibility index (Phi) is 5.90. The van der Waals surface area contributed by atoms with Crippen LogP contribution >= 0.6 is 0 Å². The van der Waals surface area contributed by atoms with Crippen LogP contribution in [-0.2, 0) is 6.54 Å². The van der Waals surface area contributed by atoms with E-state index >= 15 is 0 Å². The summed E-state index contributed by atoms with van der Waals surface area (Å²) in [5, 5.41) is 9.99. The largest absolute Gasteiger partial charge is 0.502 e. The molecule has 1 aliphatic heterocycles. The molecule has 0 radical (unpaired) electrons. The molecule has 162 valence electrons. The number of amides is 2. The molecule has 4 rings (SSSR count). The third-order valence-corrected chi connectivity index (χ3v) is 5.35. The number of H-pyrrole nitrogens is 1. The molecular formula is C24H23N5O3. The number of hydrogen-bond acceptors (Lipinski definition) is 5. The molecule has 1 aliphatic rings. The summed E-state index contributed by atoms with van der Waals surface area (Å²) in [6, 6.07) is 11.2. The predicted molar refractivity (Wildman–Crippen MR) is 119 cm³/mol. The molecule has 1 saturated heterocycles. The summed E-state index contributed by atoms with van der Waals surface area (Å²) in [6.07, 6.45) is 4.63. The molecule has 0 aliphatic carbocycles. The van der Waals surface area contributed by atoms with Crippen molar-refractivity contribution in [2.75, 3.05) is 6.54 Å². The second kappa shape index (κ2) is 8.94. The highest BCUT2D eigenvalue weighted by molar-refractivity contribution is 5.78. The number of carbonyl (C=O) groups is 1.